The van der Waals surface area contributed by atoms with Gasteiger partial charge in [0.25, 0.3) is 0 Å². The summed E-state index contributed by atoms with van der Waals surface area (Å²) >= 11 is 0. The predicted molar refractivity (Wildman–Crippen MR) is 144 cm³/mol. The van der Waals surface area contributed by atoms with Gasteiger partial charge in [0, 0.05) is 26.1 Å². The van der Waals surface area contributed by atoms with E-state index in [0.717, 1.165) is 40.7 Å². The Morgan fingerprint density at radius 3 is 2.36 bits per heavy atom. The molecule has 216 valence electrons. The van der Waals surface area contributed by atoms with Gasteiger partial charge in [-0.25, -0.2) is 8.42 Å². The zero-order valence-electron chi connectivity index (χ0n) is 22.6. The number of nitrogens with zero attached hydrogens (tertiary/aromatic N) is 2. The van der Waals surface area contributed by atoms with Crippen LogP contribution in [-0.4, -0.2) is 57.6 Å². The Kier molecular flexibility index (Phi) is 11.6. The van der Waals surface area contributed by atoms with E-state index < -0.39 is 27.8 Å². The highest BCUT2D eigenvalue weighted by atomic mass is 32.2. The van der Waals surface area contributed by atoms with Gasteiger partial charge in [-0.3, -0.25) is 13.9 Å². The molecule has 0 aromatic heterocycles. The molecule has 0 saturated carbocycles. The molecule has 0 heterocycles. The number of amides is 2. The molecule has 0 spiro atoms. The Bertz CT molecular complexity index is 1220. The monoisotopic (exact) mass is 571 g/mol. The Balaban J connectivity index is 2.26. The molecule has 0 aliphatic heterocycles. The van der Waals surface area contributed by atoms with Crippen molar-refractivity contribution in [2.24, 2.45) is 0 Å². The van der Waals surface area contributed by atoms with Crippen LogP contribution in [0.5, 0.6) is 5.75 Å². The van der Waals surface area contributed by atoms with Crippen molar-refractivity contribution in [1.29, 1.82) is 0 Å². The van der Waals surface area contributed by atoms with Crippen molar-refractivity contribution in [3.05, 3.63) is 59.7 Å². The second-order valence-corrected chi connectivity index (χ2v) is 11.0. The van der Waals surface area contributed by atoms with Gasteiger partial charge in [0.15, 0.2) is 0 Å². The molecule has 2 rings (SSSR count). The highest BCUT2D eigenvalue weighted by Crippen LogP contribution is 2.32. The molecule has 1 atom stereocenters. The zero-order chi connectivity index (χ0) is 29.2. The molecule has 1 unspecified atom stereocenters. The number of anilines is 1. The van der Waals surface area contributed by atoms with E-state index in [1.54, 1.807) is 31.2 Å². The van der Waals surface area contributed by atoms with E-state index in [-0.39, 0.29) is 43.4 Å². The van der Waals surface area contributed by atoms with Gasteiger partial charge in [-0.05, 0) is 55.2 Å². The van der Waals surface area contributed by atoms with Crippen LogP contribution in [0, 0.1) is 0 Å². The first kappa shape index (κ1) is 31.9. The van der Waals surface area contributed by atoms with Crippen LogP contribution in [0.4, 0.5) is 18.9 Å². The molecule has 39 heavy (non-hydrogen) atoms. The van der Waals surface area contributed by atoms with Crippen LogP contribution < -0.4 is 14.4 Å². The van der Waals surface area contributed by atoms with Gasteiger partial charge in [-0.1, -0.05) is 32.0 Å². The Morgan fingerprint density at radius 1 is 1.08 bits per heavy atom. The molecule has 0 aliphatic carbocycles. The van der Waals surface area contributed by atoms with Crippen LogP contribution in [0.1, 0.15) is 50.7 Å². The summed E-state index contributed by atoms with van der Waals surface area (Å²) < 4.78 is 70.6. The quantitative estimate of drug-likeness (QED) is 0.358. The van der Waals surface area contributed by atoms with E-state index in [1.807, 2.05) is 6.92 Å². The minimum Gasteiger partial charge on any atom is -0.497 e. The van der Waals surface area contributed by atoms with E-state index in [4.69, 9.17) is 4.74 Å². The molecule has 0 bridgehead atoms. The fourth-order valence-electron chi connectivity index (χ4n) is 4.09. The summed E-state index contributed by atoms with van der Waals surface area (Å²) in [6, 6.07) is 10.4. The summed E-state index contributed by atoms with van der Waals surface area (Å²) in [5.74, 6) is -0.0839. The van der Waals surface area contributed by atoms with Gasteiger partial charge < -0.3 is 15.0 Å². The number of alkyl halides is 3. The number of ether oxygens (including phenoxy) is 1. The van der Waals surface area contributed by atoms with Crippen LogP contribution in [0.3, 0.4) is 0 Å². The Hall–Kier alpha value is -3.28. The van der Waals surface area contributed by atoms with E-state index in [0.29, 0.717) is 18.7 Å². The zero-order valence-corrected chi connectivity index (χ0v) is 23.4. The SMILES string of the molecule is CCCNC(=O)C(CC)N(Cc1cccc(OC)c1)C(=O)CCCN(c1cccc(C(F)(F)F)c1)S(C)(=O)=O. The maximum Gasteiger partial charge on any atom is 0.416 e. The number of hydrogen-bond acceptors (Lipinski definition) is 5. The Labute approximate surface area is 228 Å². The fraction of sp³-hybridized carbons (Fsp3) is 0.481. The maximum atomic E-state index is 13.4. The summed E-state index contributed by atoms with van der Waals surface area (Å²) in [6.45, 7) is 4.07. The van der Waals surface area contributed by atoms with Crippen molar-refractivity contribution in [3.63, 3.8) is 0 Å². The maximum absolute atomic E-state index is 13.4. The summed E-state index contributed by atoms with van der Waals surface area (Å²) in [4.78, 5) is 27.8. The number of nitrogens with one attached hydrogen (secondary N) is 1. The van der Waals surface area contributed by atoms with Gasteiger partial charge in [-0.15, -0.1) is 0 Å². The summed E-state index contributed by atoms with van der Waals surface area (Å²) in [6.07, 6.45) is -2.75. The van der Waals surface area contributed by atoms with Crippen molar-refractivity contribution >= 4 is 27.5 Å². The van der Waals surface area contributed by atoms with Gasteiger partial charge in [0.05, 0.1) is 24.6 Å². The number of halogens is 3. The molecular formula is C27H36F3N3O5S. The molecule has 0 fully saturated rings. The Morgan fingerprint density at radius 2 is 1.77 bits per heavy atom. The molecule has 2 aromatic carbocycles. The second kappa shape index (κ2) is 14.2. The lowest BCUT2D eigenvalue weighted by molar-refractivity contribution is -0.141. The molecule has 0 saturated heterocycles. The van der Waals surface area contributed by atoms with Crippen molar-refractivity contribution in [1.82, 2.24) is 10.2 Å². The number of sulfonamides is 1. The molecule has 2 amide bonds. The average molecular weight is 572 g/mol. The molecule has 8 nitrogen and oxygen atoms in total. The second-order valence-electron chi connectivity index (χ2n) is 9.08. The predicted octanol–water partition coefficient (Wildman–Crippen LogP) is 4.59. The first-order chi connectivity index (χ1) is 18.3. The van der Waals surface area contributed by atoms with Gasteiger partial charge in [-0.2, -0.15) is 13.2 Å². The number of carbonyl (C=O) groups is 2. The third kappa shape index (κ3) is 9.45. The number of hydrogen-bond donors (Lipinski definition) is 1. The largest absolute Gasteiger partial charge is 0.497 e. The molecule has 1 N–H and O–H groups in total. The average Bonchev–Trinajstić information content (AvgIpc) is 2.88. The van der Waals surface area contributed by atoms with Gasteiger partial charge in [0.1, 0.15) is 11.8 Å². The number of rotatable bonds is 14. The topological polar surface area (TPSA) is 96.0 Å². The van der Waals surface area contributed by atoms with Crippen LogP contribution >= 0.6 is 0 Å². The molecule has 0 radical (unpaired) electrons. The first-order valence-electron chi connectivity index (χ1n) is 12.7. The van der Waals surface area contributed by atoms with E-state index >= 15 is 0 Å². The highest BCUT2D eigenvalue weighted by Gasteiger charge is 2.32. The van der Waals surface area contributed by atoms with Crippen LogP contribution in [-0.2, 0) is 32.3 Å². The van der Waals surface area contributed by atoms with E-state index in [2.05, 4.69) is 5.32 Å². The van der Waals surface area contributed by atoms with Crippen LogP contribution in [0.2, 0.25) is 0 Å². The number of carbonyl (C=O) groups excluding carboxylic acids is 2. The van der Waals surface area contributed by atoms with Crippen LogP contribution in [0.25, 0.3) is 0 Å². The van der Waals surface area contributed by atoms with E-state index in [9.17, 15) is 31.2 Å². The normalized spacial score (nSPS) is 12.5. The van der Waals surface area contributed by atoms with Crippen molar-refractivity contribution in [2.75, 3.05) is 30.8 Å². The summed E-state index contributed by atoms with van der Waals surface area (Å²) in [5, 5.41) is 2.82. The fourth-order valence-corrected chi connectivity index (χ4v) is 5.05. The van der Waals surface area contributed by atoms with Gasteiger partial charge >= 0.3 is 6.18 Å². The summed E-state index contributed by atoms with van der Waals surface area (Å²) in [5.41, 5.74) is -0.373. The molecule has 2 aromatic rings. The lowest BCUT2D eigenvalue weighted by Gasteiger charge is -2.31. The highest BCUT2D eigenvalue weighted by molar-refractivity contribution is 7.92. The first-order valence-corrected chi connectivity index (χ1v) is 14.5. The number of benzene rings is 2. The molecular weight excluding hydrogens is 535 g/mol. The molecule has 0 aliphatic rings. The van der Waals surface area contributed by atoms with Crippen LogP contribution in [0.15, 0.2) is 48.5 Å². The van der Waals surface area contributed by atoms with Crippen molar-refractivity contribution < 1.29 is 35.9 Å². The molecule has 12 heteroatoms. The lowest BCUT2D eigenvalue weighted by atomic mass is 10.1. The minimum atomic E-state index is -4.64. The summed E-state index contributed by atoms with van der Waals surface area (Å²) in [7, 11) is -2.42. The standard InChI is InChI=1S/C27H36F3N3O5S/c1-5-15-31-26(35)24(6-2)32(19-20-10-7-13-23(17-20)38-3)25(34)14-9-16-33(39(4,36)37)22-12-8-11-21(18-22)27(28,29)30/h7-8,10-13,17-18,24H,5-6,9,14-16,19H2,1-4H3,(H,31,35). The minimum absolute atomic E-state index is 0.0315. The third-order valence-corrected chi connectivity index (χ3v) is 7.23. The van der Waals surface area contributed by atoms with Crippen molar-refractivity contribution in [2.45, 2.75) is 58.3 Å². The number of methoxy groups -OCH3 is 1. The lowest BCUT2D eigenvalue weighted by Crippen LogP contribution is -2.49. The van der Waals surface area contributed by atoms with E-state index in [1.165, 1.54) is 18.1 Å². The third-order valence-electron chi connectivity index (χ3n) is 6.04. The smallest absolute Gasteiger partial charge is 0.416 e. The van der Waals surface area contributed by atoms with Crippen molar-refractivity contribution in [3.8, 4) is 5.75 Å². The van der Waals surface area contributed by atoms with Gasteiger partial charge in [0.2, 0.25) is 21.8 Å².